The lowest BCUT2D eigenvalue weighted by Gasteiger charge is -2.15. The first kappa shape index (κ1) is 16.3. The fourth-order valence-electron chi connectivity index (χ4n) is 2.74. The van der Waals surface area contributed by atoms with Gasteiger partial charge in [-0.25, -0.2) is 0 Å². The molecule has 0 spiro atoms. The Labute approximate surface area is 130 Å². The third kappa shape index (κ3) is 4.48. The molecule has 1 heterocycles. The number of hydrogen-bond acceptors (Lipinski definition) is 3. The molecule has 5 heteroatoms. The highest BCUT2D eigenvalue weighted by molar-refractivity contribution is 5.78. The quantitative estimate of drug-likeness (QED) is 0.785. The molecule has 1 saturated heterocycles. The van der Waals surface area contributed by atoms with Crippen LogP contribution in [0.5, 0.6) is 5.75 Å². The molecule has 0 saturated carbocycles. The van der Waals surface area contributed by atoms with Gasteiger partial charge in [-0.3, -0.25) is 9.59 Å². The van der Waals surface area contributed by atoms with E-state index in [2.05, 4.69) is 0 Å². The molecule has 1 aliphatic heterocycles. The second-order valence-electron chi connectivity index (χ2n) is 5.72. The first-order valence-corrected chi connectivity index (χ1v) is 7.73. The fourth-order valence-corrected chi connectivity index (χ4v) is 2.74. The summed E-state index contributed by atoms with van der Waals surface area (Å²) in [5.74, 6) is -0.252. The van der Waals surface area contributed by atoms with Crippen molar-refractivity contribution in [2.75, 3.05) is 20.2 Å². The van der Waals surface area contributed by atoms with E-state index in [1.54, 1.807) is 12.0 Å². The summed E-state index contributed by atoms with van der Waals surface area (Å²) >= 11 is 0. The molecule has 1 aromatic rings. The normalized spacial score (nSPS) is 17.5. The van der Waals surface area contributed by atoms with Gasteiger partial charge in [0, 0.05) is 19.5 Å². The Morgan fingerprint density at radius 1 is 1.27 bits per heavy atom. The Morgan fingerprint density at radius 2 is 2.00 bits per heavy atom. The summed E-state index contributed by atoms with van der Waals surface area (Å²) in [4.78, 5) is 24.6. The van der Waals surface area contributed by atoms with Crippen LogP contribution < -0.4 is 4.74 Å². The Morgan fingerprint density at radius 3 is 2.59 bits per heavy atom. The van der Waals surface area contributed by atoms with Crippen LogP contribution in [0.4, 0.5) is 0 Å². The van der Waals surface area contributed by atoms with Gasteiger partial charge in [0.1, 0.15) is 5.75 Å². The maximum atomic E-state index is 12.0. The Balaban J connectivity index is 1.66. The standard InChI is InChI=1S/C17H23NO4/c1-22-15-8-6-13(7-9-15)4-2-3-5-16(19)18-11-10-14(12-18)17(20)21/h6-9,14H,2-5,10-12H2,1H3,(H,20,21)/t14-/m0/s1. The second kappa shape index (κ2) is 7.82. The van der Waals surface area contributed by atoms with Gasteiger partial charge in [0.05, 0.1) is 13.0 Å². The molecule has 1 amide bonds. The van der Waals surface area contributed by atoms with E-state index >= 15 is 0 Å². The number of nitrogens with zero attached hydrogens (tertiary/aromatic N) is 1. The van der Waals surface area contributed by atoms with E-state index in [9.17, 15) is 9.59 Å². The summed E-state index contributed by atoms with van der Waals surface area (Å²) in [6.07, 6.45) is 3.80. The average Bonchev–Trinajstić information content (AvgIpc) is 3.02. The van der Waals surface area contributed by atoms with Crippen molar-refractivity contribution in [3.63, 3.8) is 0 Å². The van der Waals surface area contributed by atoms with Crippen LogP contribution in [-0.2, 0) is 16.0 Å². The van der Waals surface area contributed by atoms with Crippen molar-refractivity contribution in [1.29, 1.82) is 0 Å². The molecular formula is C17H23NO4. The van der Waals surface area contributed by atoms with Crippen LogP contribution in [0.1, 0.15) is 31.2 Å². The number of ether oxygens (including phenoxy) is 1. The number of carbonyl (C=O) groups excluding carboxylic acids is 1. The van der Waals surface area contributed by atoms with Crippen molar-refractivity contribution in [2.24, 2.45) is 5.92 Å². The molecule has 1 N–H and O–H groups in total. The Bertz CT molecular complexity index is 512. The predicted octanol–water partition coefficient (Wildman–Crippen LogP) is 2.34. The van der Waals surface area contributed by atoms with Crippen LogP contribution >= 0.6 is 0 Å². The highest BCUT2D eigenvalue weighted by Crippen LogP contribution is 2.18. The van der Waals surface area contributed by atoms with Gasteiger partial charge >= 0.3 is 5.97 Å². The number of likely N-dealkylation sites (tertiary alicyclic amines) is 1. The molecule has 22 heavy (non-hydrogen) atoms. The monoisotopic (exact) mass is 305 g/mol. The van der Waals surface area contributed by atoms with Gasteiger partial charge in [0.25, 0.3) is 0 Å². The maximum Gasteiger partial charge on any atom is 0.308 e. The van der Waals surface area contributed by atoms with Crippen molar-refractivity contribution in [3.05, 3.63) is 29.8 Å². The average molecular weight is 305 g/mol. The van der Waals surface area contributed by atoms with Crippen LogP contribution in [-0.4, -0.2) is 42.1 Å². The number of amides is 1. The minimum absolute atomic E-state index is 0.0819. The number of aryl methyl sites for hydroxylation is 1. The summed E-state index contributed by atoms with van der Waals surface area (Å²) in [7, 11) is 1.65. The Kier molecular flexibility index (Phi) is 5.81. The molecule has 1 atom stereocenters. The van der Waals surface area contributed by atoms with E-state index in [4.69, 9.17) is 9.84 Å². The molecular weight excluding hydrogens is 282 g/mol. The van der Waals surface area contributed by atoms with E-state index in [1.165, 1.54) is 5.56 Å². The van der Waals surface area contributed by atoms with Crippen molar-refractivity contribution in [3.8, 4) is 5.75 Å². The van der Waals surface area contributed by atoms with Crippen LogP contribution in [0, 0.1) is 5.92 Å². The lowest BCUT2D eigenvalue weighted by atomic mass is 10.1. The molecule has 120 valence electrons. The highest BCUT2D eigenvalue weighted by Gasteiger charge is 2.30. The zero-order valence-corrected chi connectivity index (χ0v) is 13.0. The number of rotatable bonds is 7. The van der Waals surface area contributed by atoms with E-state index in [-0.39, 0.29) is 11.8 Å². The first-order chi connectivity index (χ1) is 10.6. The molecule has 2 rings (SSSR count). The zero-order valence-electron chi connectivity index (χ0n) is 13.0. The highest BCUT2D eigenvalue weighted by atomic mass is 16.5. The molecule has 1 fully saturated rings. The minimum Gasteiger partial charge on any atom is -0.497 e. The summed E-state index contributed by atoms with van der Waals surface area (Å²) in [5.41, 5.74) is 1.24. The van der Waals surface area contributed by atoms with E-state index in [1.807, 2.05) is 24.3 Å². The van der Waals surface area contributed by atoms with Crippen molar-refractivity contribution in [2.45, 2.75) is 32.1 Å². The van der Waals surface area contributed by atoms with Crippen molar-refractivity contribution >= 4 is 11.9 Å². The molecule has 0 unspecified atom stereocenters. The largest absolute Gasteiger partial charge is 0.497 e. The molecule has 0 aliphatic carbocycles. The number of unbranched alkanes of at least 4 members (excludes halogenated alkanes) is 1. The molecule has 0 aromatic heterocycles. The summed E-state index contributed by atoms with van der Waals surface area (Å²) in [6.45, 7) is 0.945. The SMILES string of the molecule is COc1ccc(CCCCC(=O)N2CC[C@H](C(=O)O)C2)cc1. The molecule has 0 bridgehead atoms. The number of aliphatic carboxylic acids is 1. The zero-order chi connectivity index (χ0) is 15.9. The summed E-state index contributed by atoms with van der Waals surface area (Å²) in [6, 6.07) is 7.96. The van der Waals surface area contributed by atoms with Crippen LogP contribution in [0.2, 0.25) is 0 Å². The second-order valence-corrected chi connectivity index (χ2v) is 5.72. The fraction of sp³-hybridized carbons (Fsp3) is 0.529. The van der Waals surface area contributed by atoms with E-state index in [0.717, 1.165) is 25.0 Å². The third-order valence-corrected chi connectivity index (χ3v) is 4.16. The van der Waals surface area contributed by atoms with E-state index in [0.29, 0.717) is 25.9 Å². The Hall–Kier alpha value is -2.04. The van der Waals surface area contributed by atoms with Gasteiger partial charge in [-0.1, -0.05) is 12.1 Å². The van der Waals surface area contributed by atoms with Gasteiger partial charge in [-0.05, 0) is 43.4 Å². The van der Waals surface area contributed by atoms with Crippen molar-refractivity contribution in [1.82, 2.24) is 4.90 Å². The van der Waals surface area contributed by atoms with Gasteiger partial charge < -0.3 is 14.7 Å². The van der Waals surface area contributed by atoms with Gasteiger partial charge in [-0.2, -0.15) is 0 Å². The van der Waals surface area contributed by atoms with Crippen molar-refractivity contribution < 1.29 is 19.4 Å². The van der Waals surface area contributed by atoms with Gasteiger partial charge in [0.15, 0.2) is 0 Å². The van der Waals surface area contributed by atoms with E-state index < -0.39 is 5.97 Å². The maximum absolute atomic E-state index is 12.0. The van der Waals surface area contributed by atoms with Crippen LogP contribution in [0.25, 0.3) is 0 Å². The molecule has 0 radical (unpaired) electrons. The van der Waals surface area contributed by atoms with Crippen LogP contribution in [0.3, 0.4) is 0 Å². The topological polar surface area (TPSA) is 66.8 Å². The van der Waals surface area contributed by atoms with Gasteiger partial charge in [-0.15, -0.1) is 0 Å². The molecule has 5 nitrogen and oxygen atoms in total. The number of hydrogen-bond donors (Lipinski definition) is 1. The number of benzene rings is 1. The molecule has 1 aromatic carbocycles. The predicted molar refractivity (Wildman–Crippen MR) is 82.9 cm³/mol. The minimum atomic E-state index is -0.796. The lowest BCUT2D eigenvalue weighted by Crippen LogP contribution is -2.29. The number of carbonyl (C=O) groups is 2. The number of carboxylic acid groups (broad SMARTS) is 1. The van der Waals surface area contributed by atoms with Crippen LogP contribution in [0.15, 0.2) is 24.3 Å². The number of carboxylic acids is 1. The molecule has 1 aliphatic rings. The lowest BCUT2D eigenvalue weighted by molar-refractivity contribution is -0.141. The van der Waals surface area contributed by atoms with Gasteiger partial charge in [0.2, 0.25) is 5.91 Å². The smallest absolute Gasteiger partial charge is 0.308 e. The first-order valence-electron chi connectivity index (χ1n) is 7.73. The summed E-state index contributed by atoms with van der Waals surface area (Å²) in [5, 5.41) is 8.94. The third-order valence-electron chi connectivity index (χ3n) is 4.16. The summed E-state index contributed by atoms with van der Waals surface area (Å²) < 4.78 is 5.12. The number of methoxy groups -OCH3 is 1.